The van der Waals surface area contributed by atoms with E-state index in [1.807, 2.05) is 0 Å². The van der Waals surface area contributed by atoms with Crippen molar-refractivity contribution >= 4 is 43.6 Å². The highest BCUT2D eigenvalue weighted by Gasteiger charge is 2.22. The Morgan fingerprint density at radius 1 is 0.300 bits per heavy atom. The first-order chi connectivity index (χ1) is 24.8. The molecule has 234 valence electrons. The fraction of sp³-hybridized carbons (Fsp3) is 0. The summed E-state index contributed by atoms with van der Waals surface area (Å²) in [5.74, 6) is 0. The Kier molecular flexibility index (Phi) is 6.49. The van der Waals surface area contributed by atoms with Gasteiger partial charge in [-0.3, -0.25) is 0 Å². The smallest absolute Gasteiger partial charge is 0.0788 e. The molecular formula is C47H31N3. The molecule has 0 spiro atoms. The highest BCUT2D eigenvalue weighted by molar-refractivity contribution is 6.23. The van der Waals surface area contributed by atoms with Crippen LogP contribution >= 0.6 is 0 Å². The summed E-state index contributed by atoms with van der Waals surface area (Å²) >= 11 is 0. The highest BCUT2D eigenvalue weighted by atomic mass is 15.0. The van der Waals surface area contributed by atoms with Crippen LogP contribution in [0.5, 0.6) is 0 Å². The van der Waals surface area contributed by atoms with Gasteiger partial charge in [0.05, 0.1) is 39.1 Å². The quantitative estimate of drug-likeness (QED) is 0.184. The summed E-state index contributed by atoms with van der Waals surface area (Å²) in [6, 6.07) is 67.2. The van der Waals surface area contributed by atoms with E-state index in [9.17, 15) is 0 Å². The zero-order chi connectivity index (χ0) is 33.0. The van der Waals surface area contributed by atoms with Crippen LogP contribution < -0.4 is 0 Å². The van der Waals surface area contributed by atoms with Crippen LogP contribution in [0.15, 0.2) is 188 Å². The molecule has 0 aliphatic carbocycles. The Morgan fingerprint density at radius 3 is 1.20 bits per heavy atom. The van der Waals surface area contributed by atoms with Crippen molar-refractivity contribution in [1.82, 2.24) is 14.1 Å². The van der Waals surface area contributed by atoms with E-state index < -0.39 is 0 Å². The minimum Gasteiger partial charge on any atom is -0.307 e. The first-order valence-electron chi connectivity index (χ1n) is 17.1. The highest BCUT2D eigenvalue weighted by Crippen LogP contribution is 2.42. The van der Waals surface area contributed by atoms with E-state index in [1.165, 1.54) is 49.2 Å². The molecule has 0 saturated carbocycles. The maximum absolute atomic E-state index is 5.22. The average Bonchev–Trinajstić information content (AvgIpc) is 3.72. The number of pyridine rings is 1. The summed E-state index contributed by atoms with van der Waals surface area (Å²) in [4.78, 5) is 5.22. The molecule has 0 bridgehead atoms. The fourth-order valence-electron chi connectivity index (χ4n) is 7.63. The van der Waals surface area contributed by atoms with E-state index >= 15 is 0 Å². The van der Waals surface area contributed by atoms with Crippen LogP contribution in [0, 0.1) is 0 Å². The topological polar surface area (TPSA) is 22.8 Å². The normalized spacial score (nSPS) is 11.6. The van der Waals surface area contributed by atoms with Gasteiger partial charge < -0.3 is 9.13 Å². The lowest BCUT2D eigenvalue weighted by molar-refractivity contribution is 1.14. The van der Waals surface area contributed by atoms with Crippen molar-refractivity contribution in [3.63, 3.8) is 0 Å². The van der Waals surface area contributed by atoms with Gasteiger partial charge in [0.15, 0.2) is 0 Å². The van der Waals surface area contributed by atoms with Crippen LogP contribution in [0.2, 0.25) is 0 Å². The summed E-state index contributed by atoms with van der Waals surface area (Å²) in [5.41, 5.74) is 13.4. The van der Waals surface area contributed by atoms with E-state index in [2.05, 4.69) is 197 Å². The number of rotatable bonds is 5. The van der Waals surface area contributed by atoms with E-state index in [4.69, 9.17) is 4.98 Å². The summed E-state index contributed by atoms with van der Waals surface area (Å²) in [5, 5.41) is 4.90. The van der Waals surface area contributed by atoms with Crippen LogP contribution in [0.1, 0.15) is 0 Å². The van der Waals surface area contributed by atoms with Crippen molar-refractivity contribution < 1.29 is 0 Å². The second kappa shape index (κ2) is 11.5. The lowest BCUT2D eigenvalue weighted by Gasteiger charge is -2.15. The molecule has 0 radical (unpaired) electrons. The van der Waals surface area contributed by atoms with Crippen LogP contribution in [-0.4, -0.2) is 14.1 Å². The third kappa shape index (κ3) is 4.48. The predicted octanol–water partition coefficient (Wildman–Crippen LogP) is 12.3. The van der Waals surface area contributed by atoms with Gasteiger partial charge in [0.2, 0.25) is 0 Å². The van der Waals surface area contributed by atoms with Gasteiger partial charge in [0, 0.05) is 38.4 Å². The minimum atomic E-state index is 0.942. The number of para-hydroxylation sites is 2. The average molecular weight is 638 g/mol. The molecule has 0 aliphatic heterocycles. The zero-order valence-electron chi connectivity index (χ0n) is 27.2. The van der Waals surface area contributed by atoms with Crippen molar-refractivity contribution in [2.24, 2.45) is 0 Å². The molecule has 10 aromatic rings. The van der Waals surface area contributed by atoms with Crippen LogP contribution in [0.25, 0.3) is 88.6 Å². The Labute approximate surface area is 290 Å². The third-order valence-corrected chi connectivity index (χ3v) is 9.91. The first kappa shape index (κ1) is 28.3. The van der Waals surface area contributed by atoms with Crippen LogP contribution in [0.3, 0.4) is 0 Å². The predicted molar refractivity (Wildman–Crippen MR) is 209 cm³/mol. The molecule has 0 amide bonds. The van der Waals surface area contributed by atoms with E-state index in [0.717, 1.165) is 39.4 Å². The van der Waals surface area contributed by atoms with Crippen molar-refractivity contribution in [3.8, 4) is 45.0 Å². The Bertz CT molecular complexity index is 2770. The molecule has 0 unspecified atom stereocenters. The third-order valence-electron chi connectivity index (χ3n) is 9.91. The Hall–Kier alpha value is -6.71. The van der Waals surface area contributed by atoms with E-state index in [1.54, 1.807) is 0 Å². The lowest BCUT2D eigenvalue weighted by atomic mass is 10.1. The Morgan fingerprint density at radius 2 is 0.700 bits per heavy atom. The van der Waals surface area contributed by atoms with Crippen molar-refractivity contribution in [2.45, 2.75) is 0 Å². The van der Waals surface area contributed by atoms with Crippen molar-refractivity contribution in [3.05, 3.63) is 188 Å². The molecule has 3 aromatic heterocycles. The van der Waals surface area contributed by atoms with E-state index in [-0.39, 0.29) is 0 Å². The molecule has 50 heavy (non-hydrogen) atoms. The molecular weight excluding hydrogens is 607 g/mol. The molecule has 0 N–H and O–H groups in total. The van der Waals surface area contributed by atoms with Crippen LogP contribution in [0.4, 0.5) is 0 Å². The number of benzene rings is 7. The fourth-order valence-corrected chi connectivity index (χ4v) is 7.63. The summed E-state index contributed by atoms with van der Waals surface area (Å²) in [6.45, 7) is 0. The van der Waals surface area contributed by atoms with Gasteiger partial charge in [0.25, 0.3) is 0 Å². The molecule has 3 nitrogen and oxygen atoms in total. The molecule has 0 saturated heterocycles. The molecule has 0 aliphatic rings. The lowest BCUT2D eigenvalue weighted by Crippen LogP contribution is -2.00. The second-order valence-corrected chi connectivity index (χ2v) is 12.8. The van der Waals surface area contributed by atoms with Gasteiger partial charge in [-0.25, -0.2) is 4.98 Å². The summed E-state index contributed by atoms with van der Waals surface area (Å²) in [6.07, 6.45) is 0. The van der Waals surface area contributed by atoms with Gasteiger partial charge in [-0.05, 0) is 47.5 Å². The number of nitrogens with zero attached hydrogens (tertiary/aromatic N) is 3. The minimum absolute atomic E-state index is 0.942. The second-order valence-electron chi connectivity index (χ2n) is 12.8. The standard InChI is InChI=1S/C47H31N3/c1-4-14-32(15-5-1)33-24-26-36(27-25-33)49-44-22-12-10-20-38(44)40-28-29-41-39-21-11-13-23-45(39)50(47(41)46(40)49)37-30-42(34-16-6-2-7-17-34)48-43(31-37)35-18-8-3-9-19-35/h1-31H. The maximum atomic E-state index is 5.22. The van der Waals surface area contributed by atoms with Crippen LogP contribution in [-0.2, 0) is 0 Å². The van der Waals surface area contributed by atoms with Crippen molar-refractivity contribution in [1.29, 1.82) is 0 Å². The number of aromatic nitrogens is 3. The molecule has 0 atom stereocenters. The first-order valence-corrected chi connectivity index (χ1v) is 17.1. The molecule has 0 fully saturated rings. The molecule has 3 heteroatoms. The Balaban J connectivity index is 1.32. The number of fused-ring (bicyclic) bond motifs is 7. The number of hydrogen-bond acceptors (Lipinski definition) is 1. The van der Waals surface area contributed by atoms with E-state index in [0.29, 0.717) is 0 Å². The van der Waals surface area contributed by atoms with Gasteiger partial charge in [-0.2, -0.15) is 0 Å². The number of hydrogen-bond donors (Lipinski definition) is 0. The van der Waals surface area contributed by atoms with Gasteiger partial charge in [0.1, 0.15) is 0 Å². The summed E-state index contributed by atoms with van der Waals surface area (Å²) < 4.78 is 4.91. The molecule has 3 heterocycles. The molecule has 7 aromatic carbocycles. The zero-order valence-corrected chi connectivity index (χ0v) is 27.2. The monoisotopic (exact) mass is 637 g/mol. The van der Waals surface area contributed by atoms with Gasteiger partial charge in [-0.1, -0.05) is 152 Å². The maximum Gasteiger partial charge on any atom is 0.0788 e. The summed E-state index contributed by atoms with van der Waals surface area (Å²) in [7, 11) is 0. The molecule has 10 rings (SSSR count). The van der Waals surface area contributed by atoms with Gasteiger partial charge in [-0.15, -0.1) is 0 Å². The van der Waals surface area contributed by atoms with Gasteiger partial charge >= 0.3 is 0 Å². The largest absolute Gasteiger partial charge is 0.307 e. The SMILES string of the molecule is c1ccc(-c2ccc(-n3c4ccccc4c4ccc5c6ccccc6n(-c6cc(-c7ccccc7)nc(-c7ccccc7)c6)c5c43)cc2)cc1. The van der Waals surface area contributed by atoms with Crippen molar-refractivity contribution in [2.75, 3.05) is 0 Å².